The molecule has 1 nitrogen and oxygen atoms in total. The highest BCUT2D eigenvalue weighted by Gasteiger charge is 2.32. The molecule has 0 bridgehead atoms. The van der Waals surface area contributed by atoms with E-state index in [0.717, 1.165) is 10.0 Å². The summed E-state index contributed by atoms with van der Waals surface area (Å²) in [5.41, 5.74) is 0.771. The zero-order chi connectivity index (χ0) is 15.1. The Morgan fingerprint density at radius 1 is 1.20 bits per heavy atom. The molecule has 1 N–H and O–H groups in total. The summed E-state index contributed by atoms with van der Waals surface area (Å²) in [5, 5.41) is 11.2. The van der Waals surface area contributed by atoms with E-state index in [1.165, 1.54) is 6.07 Å². The molecule has 1 atom stereocenters. The van der Waals surface area contributed by atoms with Crippen LogP contribution in [-0.4, -0.2) is 5.11 Å². The van der Waals surface area contributed by atoms with Crippen molar-refractivity contribution in [3.05, 3.63) is 67.9 Å². The molecule has 0 amide bonds. The highest BCUT2D eigenvalue weighted by atomic mass is 79.9. The number of hydrogen-bond acceptors (Lipinski definition) is 1. The second-order valence-electron chi connectivity index (χ2n) is 5.14. The molecule has 0 fully saturated rings. The summed E-state index contributed by atoms with van der Waals surface area (Å²) < 4.78 is 15.1. The summed E-state index contributed by atoms with van der Waals surface area (Å²) in [6.45, 7) is 5.16. The zero-order valence-electron chi connectivity index (χ0n) is 11.5. The van der Waals surface area contributed by atoms with Crippen LogP contribution in [0.15, 0.2) is 34.8 Å². The maximum absolute atomic E-state index is 14.3. The van der Waals surface area contributed by atoms with Gasteiger partial charge in [-0.05, 0) is 50.1 Å². The van der Waals surface area contributed by atoms with Crippen LogP contribution < -0.4 is 0 Å². The highest BCUT2D eigenvalue weighted by molar-refractivity contribution is 9.10. The summed E-state index contributed by atoms with van der Waals surface area (Å²) in [6.07, 6.45) is 0. The second kappa shape index (κ2) is 5.47. The molecule has 0 heterocycles. The molecule has 1 unspecified atom stereocenters. The standard InChI is InChI=1S/C16H15BrClFO/c1-9-6-10(2)15(14(19)7-9)16(3,20)12-5-4-11(17)8-13(12)18/h4-8,20H,1-3H3. The van der Waals surface area contributed by atoms with Crippen molar-refractivity contribution in [3.8, 4) is 0 Å². The predicted molar refractivity (Wildman–Crippen MR) is 83.7 cm³/mol. The van der Waals surface area contributed by atoms with Crippen molar-refractivity contribution in [1.82, 2.24) is 0 Å². The Hall–Kier alpha value is -0.900. The highest BCUT2D eigenvalue weighted by Crippen LogP contribution is 2.38. The average molecular weight is 358 g/mol. The first-order chi connectivity index (χ1) is 9.23. The van der Waals surface area contributed by atoms with Crippen molar-refractivity contribution < 1.29 is 9.50 Å². The quantitative estimate of drug-likeness (QED) is 0.791. The van der Waals surface area contributed by atoms with Crippen LogP contribution in [0.1, 0.15) is 29.2 Å². The lowest BCUT2D eigenvalue weighted by molar-refractivity contribution is 0.0973. The van der Waals surface area contributed by atoms with Gasteiger partial charge in [-0.2, -0.15) is 0 Å². The lowest BCUT2D eigenvalue weighted by Gasteiger charge is -2.28. The van der Waals surface area contributed by atoms with Gasteiger partial charge in [-0.15, -0.1) is 0 Å². The first-order valence-corrected chi connectivity index (χ1v) is 7.35. The van der Waals surface area contributed by atoms with Gasteiger partial charge in [0.15, 0.2) is 0 Å². The molecule has 0 aromatic heterocycles. The first kappa shape index (κ1) is 15.5. The molecule has 106 valence electrons. The molecule has 4 heteroatoms. The molecule has 0 saturated carbocycles. The minimum absolute atomic E-state index is 0.257. The zero-order valence-corrected chi connectivity index (χ0v) is 13.8. The average Bonchev–Trinajstić information content (AvgIpc) is 2.25. The van der Waals surface area contributed by atoms with Crippen LogP contribution in [-0.2, 0) is 5.60 Å². The normalized spacial score (nSPS) is 14.2. The van der Waals surface area contributed by atoms with Crippen LogP contribution in [0.3, 0.4) is 0 Å². The van der Waals surface area contributed by atoms with Gasteiger partial charge in [0.1, 0.15) is 11.4 Å². The Balaban J connectivity index is 2.66. The van der Waals surface area contributed by atoms with Crippen LogP contribution >= 0.6 is 27.5 Å². The maximum Gasteiger partial charge on any atom is 0.130 e. The Labute approximate surface area is 131 Å². The number of rotatable bonds is 2. The van der Waals surface area contributed by atoms with E-state index in [1.807, 2.05) is 13.0 Å². The molecule has 0 aliphatic heterocycles. The lowest BCUT2D eigenvalue weighted by Crippen LogP contribution is -2.26. The molecular formula is C16H15BrClFO. The SMILES string of the molecule is Cc1cc(C)c(C(C)(O)c2ccc(Br)cc2Cl)c(F)c1. The largest absolute Gasteiger partial charge is 0.381 e. The summed E-state index contributed by atoms with van der Waals surface area (Å²) in [7, 11) is 0. The topological polar surface area (TPSA) is 20.2 Å². The number of halogens is 3. The van der Waals surface area contributed by atoms with E-state index < -0.39 is 11.4 Å². The predicted octanol–water partition coefficient (Wildman–Crippen LogP) is 5.11. The minimum atomic E-state index is -1.49. The Bertz CT molecular complexity index is 645. The Kier molecular flexibility index (Phi) is 4.24. The molecule has 0 radical (unpaired) electrons. The van der Waals surface area contributed by atoms with E-state index in [0.29, 0.717) is 16.1 Å². The van der Waals surface area contributed by atoms with Crippen LogP contribution in [0, 0.1) is 19.7 Å². The van der Waals surface area contributed by atoms with Gasteiger partial charge in [0.25, 0.3) is 0 Å². The lowest BCUT2D eigenvalue weighted by atomic mass is 9.84. The van der Waals surface area contributed by atoms with Gasteiger partial charge in [-0.3, -0.25) is 0 Å². The van der Waals surface area contributed by atoms with Gasteiger partial charge in [0.05, 0.1) is 0 Å². The molecule has 0 saturated heterocycles. The van der Waals surface area contributed by atoms with Gasteiger partial charge in [-0.25, -0.2) is 4.39 Å². The summed E-state index contributed by atoms with van der Waals surface area (Å²) in [5.74, 6) is -0.425. The van der Waals surface area contributed by atoms with E-state index in [4.69, 9.17) is 11.6 Å². The van der Waals surface area contributed by atoms with Gasteiger partial charge < -0.3 is 5.11 Å². The maximum atomic E-state index is 14.3. The van der Waals surface area contributed by atoms with Crippen molar-refractivity contribution >= 4 is 27.5 Å². The molecule has 2 aromatic rings. The summed E-state index contributed by atoms with van der Waals surface area (Å²) in [4.78, 5) is 0. The molecule has 0 aliphatic carbocycles. The van der Waals surface area contributed by atoms with Crippen molar-refractivity contribution in [2.75, 3.05) is 0 Å². The molecule has 2 rings (SSSR count). The fourth-order valence-corrected chi connectivity index (χ4v) is 3.41. The van der Waals surface area contributed by atoms with Crippen molar-refractivity contribution in [3.63, 3.8) is 0 Å². The number of aliphatic hydroxyl groups is 1. The van der Waals surface area contributed by atoms with E-state index >= 15 is 0 Å². The molecule has 0 spiro atoms. The Morgan fingerprint density at radius 2 is 1.85 bits per heavy atom. The van der Waals surface area contributed by atoms with E-state index in [2.05, 4.69) is 15.9 Å². The number of benzene rings is 2. The van der Waals surface area contributed by atoms with E-state index in [-0.39, 0.29) is 5.56 Å². The van der Waals surface area contributed by atoms with Gasteiger partial charge in [-0.1, -0.05) is 39.7 Å². The monoisotopic (exact) mass is 356 g/mol. The van der Waals surface area contributed by atoms with Gasteiger partial charge in [0.2, 0.25) is 0 Å². The first-order valence-electron chi connectivity index (χ1n) is 6.18. The smallest absolute Gasteiger partial charge is 0.130 e. The van der Waals surface area contributed by atoms with Crippen LogP contribution in [0.2, 0.25) is 5.02 Å². The number of hydrogen-bond donors (Lipinski definition) is 1. The van der Waals surface area contributed by atoms with Crippen molar-refractivity contribution in [2.24, 2.45) is 0 Å². The molecular weight excluding hydrogens is 343 g/mol. The van der Waals surface area contributed by atoms with Crippen LogP contribution in [0.4, 0.5) is 4.39 Å². The fraction of sp³-hybridized carbons (Fsp3) is 0.250. The van der Waals surface area contributed by atoms with Gasteiger partial charge in [0, 0.05) is 20.6 Å². The third kappa shape index (κ3) is 2.76. The van der Waals surface area contributed by atoms with Crippen molar-refractivity contribution in [1.29, 1.82) is 0 Å². The summed E-state index contributed by atoms with van der Waals surface area (Å²) >= 11 is 9.51. The van der Waals surface area contributed by atoms with Crippen LogP contribution in [0.5, 0.6) is 0 Å². The minimum Gasteiger partial charge on any atom is -0.381 e. The second-order valence-corrected chi connectivity index (χ2v) is 6.46. The molecule has 2 aromatic carbocycles. The number of aryl methyl sites for hydroxylation is 2. The Morgan fingerprint density at radius 3 is 2.40 bits per heavy atom. The van der Waals surface area contributed by atoms with Gasteiger partial charge >= 0.3 is 0 Å². The van der Waals surface area contributed by atoms with E-state index in [9.17, 15) is 9.50 Å². The third-order valence-corrected chi connectivity index (χ3v) is 4.18. The molecule has 20 heavy (non-hydrogen) atoms. The van der Waals surface area contributed by atoms with Crippen molar-refractivity contribution in [2.45, 2.75) is 26.4 Å². The van der Waals surface area contributed by atoms with E-state index in [1.54, 1.807) is 32.0 Å². The fourth-order valence-electron chi connectivity index (χ4n) is 2.55. The summed E-state index contributed by atoms with van der Waals surface area (Å²) in [6, 6.07) is 8.43. The third-order valence-electron chi connectivity index (χ3n) is 3.37. The molecule has 0 aliphatic rings. The van der Waals surface area contributed by atoms with Crippen LogP contribution in [0.25, 0.3) is 0 Å².